The van der Waals surface area contributed by atoms with Crippen LogP contribution in [0.5, 0.6) is 0 Å². The minimum Gasteiger partial charge on any atom is -0.371 e. The standard InChI is InChI=1S/C43H40ClF6N9O4S/c1-56-36-31(7-6-28(44)34(36)39(54-56)55-64(2,62)63)59-40(52-29-18-24(4-5-25(29)41(59)61)57-12-10-42(11-13-57)8-3-9-42)30(16-21-14-22(45)17-23(46)15-21)51-32(60)20-58-37-33(35(53-58)38(47)48)26-19-27(26)43(37,49)50/h4-7,14-15,17-18,26-27,30,38H,3,8-13,16,19-20H2,1-2H3,(H,51,60)(H,54,55)/t26-,27+,30-/m0/s1. The SMILES string of the molecule is Cn1nc(NS(C)(=O)=O)c2c(Cl)ccc(-n3c([C@H](Cc4cc(F)cc(F)c4)NC(=O)Cn4nc(C(F)F)c5c4C(F)(F)[C@@H]4C[C@H]54)nc4cc(N5CCC6(CCC6)CC5)ccc4c3=O)c21. The second-order valence-corrected chi connectivity index (χ2v) is 19.7. The molecule has 13 nitrogen and oxygen atoms in total. The van der Waals surface area contributed by atoms with E-state index in [1.54, 1.807) is 12.1 Å². The minimum atomic E-state index is -3.90. The molecule has 10 rings (SSSR count). The van der Waals surface area contributed by atoms with Crippen LogP contribution in [0.4, 0.5) is 37.8 Å². The van der Waals surface area contributed by atoms with Gasteiger partial charge in [-0.05, 0) is 91.5 Å². The highest BCUT2D eigenvalue weighted by Crippen LogP contribution is 2.68. The average molecular weight is 928 g/mol. The molecule has 2 saturated carbocycles. The van der Waals surface area contributed by atoms with Crippen LogP contribution < -0.4 is 20.5 Å². The number of fused-ring (bicyclic) bond motifs is 5. The van der Waals surface area contributed by atoms with Gasteiger partial charge >= 0.3 is 0 Å². The Kier molecular flexibility index (Phi) is 9.90. The van der Waals surface area contributed by atoms with Crippen LogP contribution in [0.3, 0.4) is 0 Å². The maximum Gasteiger partial charge on any atom is 0.293 e. The van der Waals surface area contributed by atoms with Crippen molar-refractivity contribution >= 4 is 60.8 Å². The van der Waals surface area contributed by atoms with Crippen LogP contribution in [0.2, 0.25) is 5.02 Å². The van der Waals surface area contributed by atoms with E-state index in [9.17, 15) is 30.8 Å². The number of aromatic nitrogens is 6. The topological polar surface area (TPSA) is 149 Å². The molecule has 6 aromatic rings. The van der Waals surface area contributed by atoms with Crippen LogP contribution in [0.1, 0.15) is 85.2 Å². The number of hydrogen-bond acceptors (Lipinski definition) is 8. The van der Waals surface area contributed by atoms with Crippen molar-refractivity contribution < 1.29 is 39.6 Å². The molecule has 0 radical (unpaired) electrons. The molecule has 0 unspecified atom stereocenters. The van der Waals surface area contributed by atoms with Gasteiger partial charge < -0.3 is 10.2 Å². The van der Waals surface area contributed by atoms with Crippen molar-refractivity contribution in [2.45, 2.75) is 75.8 Å². The first kappa shape index (κ1) is 42.3. The maximum absolute atomic E-state index is 15.6. The summed E-state index contributed by atoms with van der Waals surface area (Å²) in [6.07, 6.45) is 2.90. The third kappa shape index (κ3) is 7.16. The van der Waals surface area contributed by atoms with Gasteiger partial charge in [0.2, 0.25) is 15.9 Å². The van der Waals surface area contributed by atoms with E-state index in [0.29, 0.717) is 16.2 Å². The Balaban J connectivity index is 1.14. The number of piperidine rings is 1. The van der Waals surface area contributed by atoms with E-state index >= 15 is 13.6 Å². The van der Waals surface area contributed by atoms with E-state index in [1.165, 1.54) is 43.1 Å². The number of alkyl halides is 4. The molecule has 1 aliphatic heterocycles. The molecule has 3 atom stereocenters. The highest BCUT2D eigenvalue weighted by atomic mass is 35.5. The number of benzene rings is 3. The largest absolute Gasteiger partial charge is 0.371 e. The van der Waals surface area contributed by atoms with Gasteiger partial charge in [-0.15, -0.1) is 0 Å². The van der Waals surface area contributed by atoms with E-state index in [2.05, 4.69) is 25.1 Å². The van der Waals surface area contributed by atoms with Crippen molar-refractivity contribution in [2.24, 2.45) is 18.4 Å². The van der Waals surface area contributed by atoms with Crippen LogP contribution in [-0.2, 0) is 40.8 Å². The van der Waals surface area contributed by atoms with Gasteiger partial charge in [-0.3, -0.25) is 28.2 Å². The smallest absolute Gasteiger partial charge is 0.293 e. The lowest BCUT2D eigenvalue weighted by Crippen LogP contribution is -2.43. The molecule has 336 valence electrons. The zero-order valence-corrected chi connectivity index (χ0v) is 35.9. The van der Waals surface area contributed by atoms with E-state index in [1.807, 2.05) is 6.07 Å². The third-order valence-electron chi connectivity index (χ3n) is 13.4. The highest BCUT2D eigenvalue weighted by Gasteiger charge is 2.67. The zero-order chi connectivity index (χ0) is 45.2. The number of hydrogen-bond donors (Lipinski definition) is 2. The van der Waals surface area contributed by atoms with Crippen LogP contribution >= 0.6 is 11.6 Å². The fourth-order valence-electron chi connectivity index (χ4n) is 10.2. The molecule has 3 aromatic heterocycles. The molecular weight excluding hydrogens is 888 g/mol. The molecular formula is C43H40ClF6N9O4S. The van der Waals surface area contributed by atoms with Crippen LogP contribution in [0, 0.1) is 23.0 Å². The second-order valence-electron chi connectivity index (χ2n) is 17.6. The molecule has 4 aliphatic rings. The number of nitrogens with one attached hydrogen (secondary N) is 2. The number of rotatable bonds is 11. The number of halogens is 7. The van der Waals surface area contributed by atoms with Gasteiger partial charge in [0.25, 0.3) is 17.9 Å². The van der Waals surface area contributed by atoms with Crippen LogP contribution in [0.25, 0.3) is 27.5 Å². The minimum absolute atomic E-state index is 0.00343. The van der Waals surface area contributed by atoms with Crippen LogP contribution in [0.15, 0.2) is 53.3 Å². The van der Waals surface area contributed by atoms with Crippen molar-refractivity contribution in [3.05, 3.63) is 104 Å². The summed E-state index contributed by atoms with van der Waals surface area (Å²) in [6.45, 7) is 0.596. The Labute approximate surface area is 366 Å². The summed E-state index contributed by atoms with van der Waals surface area (Å²) in [5.41, 5.74) is -1.01. The lowest BCUT2D eigenvalue weighted by molar-refractivity contribution is -0.123. The molecule has 1 saturated heterocycles. The monoisotopic (exact) mass is 927 g/mol. The average Bonchev–Trinajstić information content (AvgIpc) is 3.75. The van der Waals surface area contributed by atoms with Crippen LogP contribution in [-0.4, -0.2) is 62.8 Å². The number of amides is 1. The van der Waals surface area contributed by atoms with Gasteiger partial charge in [0.15, 0.2) is 5.82 Å². The predicted molar refractivity (Wildman–Crippen MR) is 226 cm³/mol. The zero-order valence-electron chi connectivity index (χ0n) is 34.3. The summed E-state index contributed by atoms with van der Waals surface area (Å²) in [6, 6.07) is 9.25. The number of anilines is 2. The molecule has 64 heavy (non-hydrogen) atoms. The second kappa shape index (κ2) is 15.0. The van der Waals surface area contributed by atoms with Crippen molar-refractivity contribution in [1.82, 2.24) is 34.4 Å². The Morgan fingerprint density at radius 2 is 1.72 bits per heavy atom. The summed E-state index contributed by atoms with van der Waals surface area (Å²) in [4.78, 5) is 36.5. The summed E-state index contributed by atoms with van der Waals surface area (Å²) < 4.78 is 119. The Morgan fingerprint density at radius 1 is 1.00 bits per heavy atom. The Hall–Kier alpha value is -5.63. The molecule has 3 aromatic carbocycles. The van der Waals surface area contributed by atoms with Crippen molar-refractivity contribution in [2.75, 3.05) is 29.0 Å². The van der Waals surface area contributed by atoms with E-state index < -0.39 is 87.7 Å². The number of aryl methyl sites for hydroxylation is 1. The van der Waals surface area contributed by atoms with Gasteiger partial charge in [0.05, 0.1) is 44.8 Å². The van der Waals surface area contributed by atoms with Crippen molar-refractivity contribution in [3.63, 3.8) is 0 Å². The van der Waals surface area contributed by atoms with E-state index in [0.717, 1.165) is 54.6 Å². The highest BCUT2D eigenvalue weighted by molar-refractivity contribution is 7.92. The van der Waals surface area contributed by atoms with E-state index in [-0.39, 0.29) is 61.7 Å². The predicted octanol–water partition coefficient (Wildman–Crippen LogP) is 7.79. The quantitative estimate of drug-likeness (QED) is 0.125. The molecule has 1 spiro atoms. The summed E-state index contributed by atoms with van der Waals surface area (Å²) in [5, 5.41) is 11.1. The third-order valence-corrected chi connectivity index (χ3v) is 14.3. The summed E-state index contributed by atoms with van der Waals surface area (Å²) in [5.74, 6) is -8.80. The summed E-state index contributed by atoms with van der Waals surface area (Å²) in [7, 11) is -2.41. The number of sulfonamides is 1. The number of carbonyl (C=O) groups excluding carboxylic acids is 1. The molecule has 2 N–H and O–H groups in total. The number of carbonyl (C=O) groups is 1. The van der Waals surface area contributed by atoms with Gasteiger partial charge in [0, 0.05) is 49.8 Å². The van der Waals surface area contributed by atoms with Crippen molar-refractivity contribution in [3.8, 4) is 5.69 Å². The van der Waals surface area contributed by atoms with Gasteiger partial charge in [-0.25, -0.2) is 31.0 Å². The maximum atomic E-state index is 15.6. The van der Waals surface area contributed by atoms with Gasteiger partial charge in [-0.1, -0.05) is 18.0 Å². The van der Waals surface area contributed by atoms with Gasteiger partial charge in [-0.2, -0.15) is 19.0 Å². The van der Waals surface area contributed by atoms with Gasteiger partial charge in [0.1, 0.15) is 35.4 Å². The molecule has 0 bridgehead atoms. The normalized spacial score (nSPS) is 20.1. The lowest BCUT2D eigenvalue weighted by atomic mass is 9.63. The Morgan fingerprint density at radius 3 is 2.38 bits per heavy atom. The molecule has 3 aliphatic carbocycles. The molecule has 1 amide bonds. The lowest BCUT2D eigenvalue weighted by Gasteiger charge is -2.48. The van der Waals surface area contributed by atoms with E-state index in [4.69, 9.17) is 16.6 Å². The first-order valence-electron chi connectivity index (χ1n) is 20.8. The first-order valence-corrected chi connectivity index (χ1v) is 23.0. The molecule has 3 fully saturated rings. The Bertz CT molecular complexity index is 3090. The fraction of sp³-hybridized carbons (Fsp3) is 0.419. The molecule has 21 heteroatoms. The number of nitrogens with zero attached hydrogens (tertiary/aromatic N) is 7. The summed E-state index contributed by atoms with van der Waals surface area (Å²) >= 11 is 6.67. The molecule has 4 heterocycles. The first-order chi connectivity index (χ1) is 30.3. The fourth-order valence-corrected chi connectivity index (χ4v) is 10.9. The van der Waals surface area contributed by atoms with Crippen molar-refractivity contribution in [1.29, 1.82) is 0 Å².